The Morgan fingerprint density at radius 3 is 2.94 bits per heavy atom. The molecule has 0 N–H and O–H groups in total. The molecular weight excluding hydrogens is 232 g/mol. The predicted octanol–water partition coefficient (Wildman–Crippen LogP) is 2.84. The largest absolute Gasteiger partial charge is 0.456 e. The van der Waals surface area contributed by atoms with Crippen LogP contribution in [0.3, 0.4) is 0 Å². The van der Waals surface area contributed by atoms with Gasteiger partial charge in [-0.25, -0.2) is 4.79 Å². The Labute approximate surface area is 106 Å². The van der Waals surface area contributed by atoms with Crippen molar-refractivity contribution in [3.63, 3.8) is 0 Å². The first-order chi connectivity index (χ1) is 8.33. The molecule has 0 saturated heterocycles. The zero-order valence-corrected chi connectivity index (χ0v) is 10.6. The molecule has 1 aromatic rings. The summed E-state index contributed by atoms with van der Waals surface area (Å²) in [7, 11) is 0. The molecule has 0 unspecified atom stereocenters. The molecular formula is C14H14O2S. The van der Waals surface area contributed by atoms with Crippen LogP contribution in [0.1, 0.15) is 31.1 Å². The van der Waals surface area contributed by atoms with Gasteiger partial charge in [0.25, 0.3) is 0 Å². The lowest BCUT2D eigenvalue weighted by atomic mass is 10.2. The van der Waals surface area contributed by atoms with Gasteiger partial charge in [-0.15, -0.1) is 11.3 Å². The number of rotatable bonds is 3. The summed E-state index contributed by atoms with van der Waals surface area (Å²) in [5.41, 5.74) is 0. The van der Waals surface area contributed by atoms with E-state index in [-0.39, 0.29) is 0 Å². The fraction of sp³-hybridized carbons (Fsp3) is 0.357. The average molecular weight is 246 g/mol. The summed E-state index contributed by atoms with van der Waals surface area (Å²) in [5, 5.41) is 2.01. The van der Waals surface area contributed by atoms with Gasteiger partial charge in [0.2, 0.25) is 0 Å². The van der Waals surface area contributed by atoms with Crippen LogP contribution in [-0.4, -0.2) is 12.6 Å². The molecule has 17 heavy (non-hydrogen) atoms. The van der Waals surface area contributed by atoms with Gasteiger partial charge in [0.05, 0.1) is 11.5 Å². The number of carbonyl (C=O) groups excluding carboxylic acids is 1. The predicted molar refractivity (Wildman–Crippen MR) is 69.5 cm³/mol. The molecule has 0 aromatic carbocycles. The molecule has 1 aromatic heterocycles. The maximum absolute atomic E-state index is 10.9. The van der Waals surface area contributed by atoms with E-state index in [0.29, 0.717) is 13.0 Å². The highest BCUT2D eigenvalue weighted by atomic mass is 32.1. The fourth-order valence-corrected chi connectivity index (χ4v) is 1.66. The highest BCUT2D eigenvalue weighted by Crippen LogP contribution is 2.05. The summed E-state index contributed by atoms with van der Waals surface area (Å²) in [6.07, 6.45) is 2.36. The molecule has 88 valence electrons. The van der Waals surface area contributed by atoms with Gasteiger partial charge in [-0.05, 0) is 24.8 Å². The number of unbranched alkanes of at least 4 members (excludes halogenated alkanes) is 2. The Balaban J connectivity index is 2.14. The van der Waals surface area contributed by atoms with Crippen molar-refractivity contribution in [2.45, 2.75) is 26.2 Å². The monoisotopic (exact) mass is 246 g/mol. The van der Waals surface area contributed by atoms with Crippen molar-refractivity contribution < 1.29 is 9.53 Å². The summed E-state index contributed by atoms with van der Waals surface area (Å²) < 4.78 is 4.68. The number of thiophene rings is 1. The minimum atomic E-state index is -0.447. The van der Waals surface area contributed by atoms with Crippen molar-refractivity contribution in [1.82, 2.24) is 0 Å². The molecule has 0 aliphatic heterocycles. The summed E-state index contributed by atoms with van der Waals surface area (Å²) >= 11 is 1.64. The molecule has 1 heterocycles. The van der Waals surface area contributed by atoms with Crippen molar-refractivity contribution in [2.24, 2.45) is 0 Å². The lowest BCUT2D eigenvalue weighted by Gasteiger charge is -1.90. The highest BCUT2D eigenvalue weighted by Gasteiger charge is 1.91. The third-order valence-corrected chi connectivity index (χ3v) is 2.59. The number of esters is 1. The second kappa shape index (κ2) is 8.44. The highest BCUT2D eigenvalue weighted by molar-refractivity contribution is 7.10. The third-order valence-electron chi connectivity index (χ3n) is 1.80. The smallest absolute Gasteiger partial charge is 0.384 e. The Morgan fingerprint density at radius 1 is 1.41 bits per heavy atom. The minimum absolute atomic E-state index is 0.375. The van der Waals surface area contributed by atoms with E-state index >= 15 is 0 Å². The van der Waals surface area contributed by atoms with Gasteiger partial charge < -0.3 is 4.74 Å². The summed E-state index contributed by atoms with van der Waals surface area (Å²) in [6.45, 7) is 2.14. The van der Waals surface area contributed by atoms with Crippen molar-refractivity contribution in [1.29, 1.82) is 0 Å². The first-order valence-corrected chi connectivity index (χ1v) is 6.39. The van der Waals surface area contributed by atoms with E-state index in [1.165, 1.54) is 0 Å². The van der Waals surface area contributed by atoms with E-state index in [0.717, 1.165) is 17.7 Å². The van der Waals surface area contributed by atoms with Gasteiger partial charge in [0, 0.05) is 18.8 Å². The molecule has 0 fully saturated rings. The molecule has 0 bridgehead atoms. The van der Waals surface area contributed by atoms with E-state index in [2.05, 4.69) is 28.4 Å². The Morgan fingerprint density at radius 2 is 2.24 bits per heavy atom. The molecule has 0 atom stereocenters. The summed E-state index contributed by atoms with van der Waals surface area (Å²) in [5.74, 6) is 10.9. The second-order valence-corrected chi connectivity index (χ2v) is 4.10. The minimum Gasteiger partial charge on any atom is -0.456 e. The van der Waals surface area contributed by atoms with Gasteiger partial charge in [-0.2, -0.15) is 0 Å². The van der Waals surface area contributed by atoms with Gasteiger partial charge in [0.1, 0.15) is 0 Å². The van der Waals surface area contributed by atoms with E-state index in [1.54, 1.807) is 18.3 Å². The lowest BCUT2D eigenvalue weighted by Crippen LogP contribution is -1.99. The zero-order chi connectivity index (χ0) is 12.3. The summed E-state index contributed by atoms with van der Waals surface area (Å²) in [6, 6.07) is 3.98. The Bertz CT molecular complexity index is 452. The van der Waals surface area contributed by atoms with Crippen LogP contribution in [0.4, 0.5) is 0 Å². The van der Waals surface area contributed by atoms with Crippen LogP contribution in [0.25, 0.3) is 0 Å². The van der Waals surface area contributed by atoms with E-state index < -0.39 is 5.97 Å². The normalized spacial score (nSPS) is 8.53. The molecule has 2 nitrogen and oxygen atoms in total. The van der Waals surface area contributed by atoms with Crippen LogP contribution < -0.4 is 0 Å². The van der Waals surface area contributed by atoms with Crippen LogP contribution in [-0.2, 0) is 9.53 Å². The number of hydrogen-bond donors (Lipinski definition) is 0. The molecule has 0 aliphatic carbocycles. The van der Waals surface area contributed by atoms with E-state index in [9.17, 15) is 4.79 Å². The van der Waals surface area contributed by atoms with Crippen LogP contribution in [0.2, 0.25) is 0 Å². The van der Waals surface area contributed by atoms with Crippen LogP contribution in [0.15, 0.2) is 17.5 Å². The van der Waals surface area contributed by atoms with Gasteiger partial charge >= 0.3 is 5.97 Å². The molecule has 0 radical (unpaired) electrons. The molecule has 0 aliphatic rings. The standard InChI is InChI=1S/C14H14O2S/c1-2-16-14(15)11-7-5-3-4-6-9-13-10-8-12-17-13/h8,10,12H,2-5H2,1H3. The van der Waals surface area contributed by atoms with Gasteiger partial charge in [-0.3, -0.25) is 0 Å². The van der Waals surface area contributed by atoms with Gasteiger partial charge in [0.15, 0.2) is 0 Å². The lowest BCUT2D eigenvalue weighted by molar-refractivity contribution is -0.136. The average Bonchev–Trinajstić information content (AvgIpc) is 2.81. The first kappa shape index (κ1) is 13.4. The molecule has 0 saturated carbocycles. The van der Waals surface area contributed by atoms with Crippen molar-refractivity contribution in [3.8, 4) is 23.7 Å². The summed E-state index contributed by atoms with van der Waals surface area (Å²) in [4.78, 5) is 12.0. The number of ether oxygens (including phenoxy) is 1. The fourth-order valence-electron chi connectivity index (χ4n) is 1.07. The first-order valence-electron chi connectivity index (χ1n) is 5.51. The Hall–Kier alpha value is -1.71. The van der Waals surface area contributed by atoms with Gasteiger partial charge in [-0.1, -0.05) is 23.8 Å². The molecule has 1 rings (SSSR count). The number of hydrogen-bond acceptors (Lipinski definition) is 3. The second-order valence-electron chi connectivity index (χ2n) is 3.15. The third kappa shape index (κ3) is 6.45. The SMILES string of the molecule is CCOC(=O)C#CCCCC#Cc1cccs1. The van der Waals surface area contributed by atoms with E-state index in [4.69, 9.17) is 0 Å². The maximum atomic E-state index is 10.9. The Kier molecular flexibility index (Phi) is 6.63. The number of carbonyl (C=O) groups is 1. The van der Waals surface area contributed by atoms with Crippen LogP contribution >= 0.6 is 11.3 Å². The van der Waals surface area contributed by atoms with E-state index in [1.807, 2.05) is 17.5 Å². The van der Waals surface area contributed by atoms with Crippen molar-refractivity contribution in [2.75, 3.05) is 6.61 Å². The zero-order valence-electron chi connectivity index (χ0n) is 9.79. The van der Waals surface area contributed by atoms with Crippen LogP contribution in [0, 0.1) is 23.7 Å². The quantitative estimate of drug-likeness (QED) is 0.355. The maximum Gasteiger partial charge on any atom is 0.384 e. The molecule has 3 heteroatoms. The van der Waals surface area contributed by atoms with Crippen LogP contribution in [0.5, 0.6) is 0 Å². The molecule has 0 amide bonds. The molecule has 0 spiro atoms. The topological polar surface area (TPSA) is 26.3 Å². The van der Waals surface area contributed by atoms with Crippen molar-refractivity contribution in [3.05, 3.63) is 22.4 Å². The van der Waals surface area contributed by atoms with Crippen molar-refractivity contribution >= 4 is 17.3 Å².